The molecule has 0 fully saturated rings. The number of nitrogens with zero attached hydrogens (tertiary/aromatic N) is 3. The van der Waals surface area contributed by atoms with Crippen molar-refractivity contribution in [1.82, 2.24) is 14.9 Å². The first kappa shape index (κ1) is 21.5. The lowest BCUT2D eigenvalue weighted by atomic mass is 10.1. The average molecular weight is 386 g/mol. The zero-order valence-corrected chi connectivity index (χ0v) is 17.4. The molecule has 1 amide bonds. The van der Waals surface area contributed by atoms with E-state index in [4.69, 9.17) is 10.5 Å². The molecular weight excluding hydrogens is 354 g/mol. The van der Waals surface area contributed by atoms with E-state index in [1.54, 1.807) is 16.9 Å². The first-order chi connectivity index (χ1) is 13.2. The Hall–Kier alpha value is -2.83. The summed E-state index contributed by atoms with van der Waals surface area (Å²) in [6.45, 7) is 10.6. The van der Waals surface area contributed by atoms with Gasteiger partial charge in [0.15, 0.2) is 0 Å². The highest BCUT2D eigenvalue weighted by Crippen LogP contribution is 2.26. The number of carbonyl (C=O) groups is 1. The molecule has 1 atom stereocenters. The minimum Gasteiger partial charge on any atom is -0.488 e. The number of nitrogens with two attached hydrogens (primary N) is 1. The van der Waals surface area contributed by atoms with Gasteiger partial charge < -0.3 is 15.8 Å². The molecule has 2 aromatic heterocycles. The topological polar surface area (TPSA) is 94.0 Å². The van der Waals surface area contributed by atoms with Gasteiger partial charge in [0.1, 0.15) is 11.3 Å². The maximum atomic E-state index is 11.7. The van der Waals surface area contributed by atoms with Crippen molar-refractivity contribution in [3.05, 3.63) is 36.3 Å². The third-order valence-electron chi connectivity index (χ3n) is 4.05. The van der Waals surface area contributed by atoms with Gasteiger partial charge in [0.05, 0.1) is 17.8 Å². The highest BCUT2D eigenvalue weighted by atomic mass is 16.5. The Bertz CT molecular complexity index is 861. The number of allylic oxidation sites excluding steroid dienone is 1. The summed E-state index contributed by atoms with van der Waals surface area (Å²) in [4.78, 5) is 16.2. The fourth-order valence-electron chi connectivity index (χ4n) is 2.62. The van der Waals surface area contributed by atoms with Crippen LogP contribution < -0.4 is 15.8 Å². The lowest BCUT2D eigenvalue weighted by molar-refractivity contribution is -0.121. The van der Waals surface area contributed by atoms with E-state index in [2.05, 4.69) is 15.4 Å². The zero-order valence-electron chi connectivity index (χ0n) is 17.4. The number of nitrogens with one attached hydrogen (secondary N) is 1. The number of hydrogen-bond donors (Lipinski definition) is 2. The monoisotopic (exact) mass is 385 g/mol. The van der Waals surface area contributed by atoms with Gasteiger partial charge in [0.2, 0.25) is 5.91 Å². The van der Waals surface area contributed by atoms with Crippen LogP contribution in [0.2, 0.25) is 0 Å². The van der Waals surface area contributed by atoms with Gasteiger partial charge in [-0.05, 0) is 53.2 Å². The Morgan fingerprint density at radius 3 is 2.86 bits per heavy atom. The molecule has 152 valence electrons. The van der Waals surface area contributed by atoms with Gasteiger partial charge in [-0.3, -0.25) is 9.79 Å². The molecule has 7 nitrogen and oxygen atoms in total. The summed E-state index contributed by atoms with van der Waals surface area (Å²) in [7, 11) is 0. The fraction of sp³-hybridized carbons (Fsp3) is 0.476. The van der Waals surface area contributed by atoms with Crippen molar-refractivity contribution in [1.29, 1.82) is 0 Å². The Labute approximate surface area is 166 Å². The molecule has 0 bridgehead atoms. The molecule has 0 aliphatic heterocycles. The van der Waals surface area contributed by atoms with E-state index >= 15 is 0 Å². The third kappa shape index (κ3) is 6.11. The van der Waals surface area contributed by atoms with Crippen LogP contribution in [0.5, 0.6) is 5.75 Å². The maximum Gasteiger partial charge on any atom is 0.220 e. The van der Waals surface area contributed by atoms with Crippen molar-refractivity contribution in [3.63, 3.8) is 0 Å². The van der Waals surface area contributed by atoms with Crippen LogP contribution in [0.3, 0.4) is 0 Å². The zero-order chi connectivity index (χ0) is 20.7. The van der Waals surface area contributed by atoms with Crippen LogP contribution in [0.15, 0.2) is 35.7 Å². The van der Waals surface area contributed by atoms with Gasteiger partial charge >= 0.3 is 0 Å². The molecular formula is C21H31N5O2. The smallest absolute Gasteiger partial charge is 0.220 e. The SMILES string of the molecule is CCNC(=O)CC[C@@H](C)Oc1cc(C(C=NC(C)(C)C)=CN)cn2nccc12. The van der Waals surface area contributed by atoms with Crippen LogP contribution in [0.25, 0.3) is 11.1 Å². The number of ether oxygens (including phenoxy) is 1. The summed E-state index contributed by atoms with van der Waals surface area (Å²) < 4.78 is 7.90. The van der Waals surface area contributed by atoms with Gasteiger partial charge in [-0.15, -0.1) is 0 Å². The van der Waals surface area contributed by atoms with Crippen LogP contribution in [0, 0.1) is 0 Å². The predicted octanol–water partition coefficient (Wildman–Crippen LogP) is 3.19. The summed E-state index contributed by atoms with van der Waals surface area (Å²) in [5, 5.41) is 7.13. The number of carbonyl (C=O) groups excluding carboxylic acids is 1. The van der Waals surface area contributed by atoms with E-state index in [1.807, 2.05) is 52.9 Å². The number of aliphatic imine (C=N–C) groups is 1. The summed E-state index contributed by atoms with van der Waals surface area (Å²) in [6, 6.07) is 3.83. The Morgan fingerprint density at radius 2 is 2.21 bits per heavy atom. The number of fused-ring (bicyclic) bond motifs is 1. The van der Waals surface area contributed by atoms with Crippen molar-refractivity contribution in [3.8, 4) is 5.75 Å². The van der Waals surface area contributed by atoms with Crippen LogP contribution in [0.4, 0.5) is 0 Å². The Balaban J connectivity index is 2.25. The maximum absolute atomic E-state index is 11.7. The van der Waals surface area contributed by atoms with Crippen LogP contribution in [0.1, 0.15) is 53.0 Å². The average Bonchev–Trinajstić information content (AvgIpc) is 3.09. The second kappa shape index (κ2) is 9.39. The second-order valence-electron chi connectivity index (χ2n) is 7.73. The largest absolute Gasteiger partial charge is 0.488 e. The molecule has 28 heavy (non-hydrogen) atoms. The molecule has 0 radical (unpaired) electrons. The normalized spacial score (nSPS) is 13.8. The molecule has 3 N–H and O–H groups in total. The van der Waals surface area contributed by atoms with Gasteiger partial charge in [-0.2, -0.15) is 5.10 Å². The molecule has 0 saturated heterocycles. The fourth-order valence-corrected chi connectivity index (χ4v) is 2.62. The van der Waals surface area contributed by atoms with Crippen LogP contribution in [-0.2, 0) is 4.79 Å². The standard InChI is InChI=1S/C21H31N5O2/c1-6-23-20(27)8-7-15(2)28-19-11-16(14-26-18(19)9-10-25-26)17(12-22)13-24-21(3,4)5/h9-15H,6-8,22H2,1-5H3,(H,23,27)/t15-/m1/s1. The van der Waals surface area contributed by atoms with E-state index in [1.165, 1.54) is 6.20 Å². The molecule has 7 heteroatoms. The third-order valence-corrected chi connectivity index (χ3v) is 4.05. The molecule has 0 spiro atoms. The summed E-state index contributed by atoms with van der Waals surface area (Å²) >= 11 is 0. The van der Waals surface area contributed by atoms with Crippen molar-refractivity contribution < 1.29 is 9.53 Å². The first-order valence-electron chi connectivity index (χ1n) is 9.61. The van der Waals surface area contributed by atoms with Crippen molar-refractivity contribution in [2.24, 2.45) is 10.7 Å². The van der Waals surface area contributed by atoms with E-state index in [-0.39, 0.29) is 17.6 Å². The van der Waals surface area contributed by atoms with Gasteiger partial charge in [-0.25, -0.2) is 4.52 Å². The van der Waals surface area contributed by atoms with Crippen molar-refractivity contribution >= 4 is 23.2 Å². The Kier molecular flexibility index (Phi) is 7.20. The summed E-state index contributed by atoms with van der Waals surface area (Å²) in [6.07, 6.45) is 7.85. The molecule has 0 aliphatic carbocycles. The minimum absolute atomic E-state index is 0.0351. The molecule has 0 aromatic carbocycles. The quantitative estimate of drug-likeness (QED) is 0.682. The predicted molar refractivity (Wildman–Crippen MR) is 114 cm³/mol. The molecule has 0 saturated carbocycles. The first-order valence-corrected chi connectivity index (χ1v) is 9.61. The lowest BCUT2D eigenvalue weighted by Crippen LogP contribution is -2.24. The number of amides is 1. The minimum atomic E-state index is -0.197. The molecule has 2 aromatic rings. The lowest BCUT2D eigenvalue weighted by Gasteiger charge is -2.17. The van der Waals surface area contributed by atoms with Gasteiger partial charge in [-0.1, -0.05) is 0 Å². The van der Waals surface area contributed by atoms with Crippen LogP contribution >= 0.6 is 0 Å². The molecule has 0 aliphatic rings. The molecule has 2 rings (SSSR count). The highest BCUT2D eigenvalue weighted by Gasteiger charge is 2.14. The number of hydrogen-bond acceptors (Lipinski definition) is 5. The van der Waals surface area contributed by atoms with E-state index in [0.717, 1.165) is 16.7 Å². The summed E-state index contributed by atoms with van der Waals surface area (Å²) in [5.41, 5.74) is 8.15. The Morgan fingerprint density at radius 1 is 1.46 bits per heavy atom. The highest BCUT2D eigenvalue weighted by molar-refractivity contribution is 6.09. The van der Waals surface area contributed by atoms with Crippen LogP contribution in [-0.4, -0.2) is 39.9 Å². The number of rotatable bonds is 8. The van der Waals surface area contributed by atoms with E-state index in [9.17, 15) is 4.79 Å². The second-order valence-corrected chi connectivity index (χ2v) is 7.73. The number of pyridine rings is 1. The van der Waals surface area contributed by atoms with E-state index in [0.29, 0.717) is 25.1 Å². The van der Waals surface area contributed by atoms with Gasteiger partial charge in [0, 0.05) is 42.7 Å². The van der Waals surface area contributed by atoms with Crippen molar-refractivity contribution in [2.75, 3.05) is 6.54 Å². The summed E-state index contributed by atoms with van der Waals surface area (Å²) in [5.74, 6) is 0.731. The number of aromatic nitrogens is 2. The molecule has 2 heterocycles. The van der Waals surface area contributed by atoms with Crippen molar-refractivity contribution in [2.45, 2.75) is 59.1 Å². The molecule has 0 unspecified atom stereocenters. The van der Waals surface area contributed by atoms with Gasteiger partial charge in [0.25, 0.3) is 0 Å². The van der Waals surface area contributed by atoms with E-state index < -0.39 is 0 Å².